The van der Waals surface area contributed by atoms with Gasteiger partial charge in [-0.25, -0.2) is 4.79 Å². The number of aliphatic hydroxyl groups excluding tert-OH is 3. The summed E-state index contributed by atoms with van der Waals surface area (Å²) in [5.41, 5.74) is 0.165. The molecule has 1 aliphatic rings. The van der Waals surface area contributed by atoms with Gasteiger partial charge in [0.05, 0.1) is 6.61 Å². The minimum Gasteiger partial charge on any atom is -0.453 e. The second kappa shape index (κ2) is 9.35. The van der Waals surface area contributed by atoms with E-state index in [4.69, 9.17) is 9.47 Å². The molecular weight excluding hydrogens is 344 g/mol. The molecule has 0 aliphatic carbocycles. The molecule has 7 heteroatoms. The van der Waals surface area contributed by atoms with Gasteiger partial charge in [-0.3, -0.25) is 0 Å². The Hall–Kier alpha value is -1.38. The zero-order valence-electron chi connectivity index (χ0n) is 14.2. The molecule has 0 bridgehead atoms. The number of thioether (sulfide) groups is 1. The van der Waals surface area contributed by atoms with Gasteiger partial charge in [0.2, 0.25) is 0 Å². The van der Waals surface area contributed by atoms with Crippen molar-refractivity contribution in [1.29, 1.82) is 0 Å². The van der Waals surface area contributed by atoms with Crippen molar-refractivity contribution in [2.75, 3.05) is 6.61 Å². The molecule has 0 aromatic heterocycles. The molecule has 0 amide bonds. The number of ether oxygens (including phenoxy) is 2. The Morgan fingerprint density at radius 1 is 1.28 bits per heavy atom. The molecule has 6 nitrogen and oxygen atoms in total. The van der Waals surface area contributed by atoms with E-state index in [0.717, 1.165) is 5.56 Å². The van der Waals surface area contributed by atoms with Crippen molar-refractivity contribution in [2.45, 2.75) is 48.9 Å². The van der Waals surface area contributed by atoms with Crippen LogP contribution in [-0.4, -0.2) is 63.0 Å². The van der Waals surface area contributed by atoms with Gasteiger partial charge < -0.3 is 24.8 Å². The van der Waals surface area contributed by atoms with Gasteiger partial charge in [0.1, 0.15) is 23.7 Å². The van der Waals surface area contributed by atoms with Gasteiger partial charge in [-0.05, 0) is 11.6 Å². The van der Waals surface area contributed by atoms with E-state index in [1.165, 1.54) is 17.8 Å². The molecule has 0 saturated carbocycles. The quantitative estimate of drug-likeness (QED) is 0.513. The van der Waals surface area contributed by atoms with Gasteiger partial charge in [0, 0.05) is 11.3 Å². The average molecular weight is 368 g/mol. The first-order chi connectivity index (χ1) is 11.9. The highest BCUT2D eigenvalue weighted by molar-refractivity contribution is 8.00. The summed E-state index contributed by atoms with van der Waals surface area (Å²) in [6.07, 6.45) is -1.74. The number of rotatable bonds is 6. The fraction of sp³-hybridized carbons (Fsp3) is 0.500. The van der Waals surface area contributed by atoms with Crippen LogP contribution in [0.4, 0.5) is 0 Å². The summed E-state index contributed by atoms with van der Waals surface area (Å²) < 4.78 is 10.9. The van der Waals surface area contributed by atoms with Crippen molar-refractivity contribution in [3.05, 3.63) is 42.0 Å². The van der Waals surface area contributed by atoms with Crippen LogP contribution in [-0.2, 0) is 14.3 Å². The van der Waals surface area contributed by atoms with Crippen molar-refractivity contribution < 1.29 is 29.6 Å². The molecule has 1 heterocycles. The molecule has 2 rings (SSSR count). The summed E-state index contributed by atoms with van der Waals surface area (Å²) in [6.45, 7) is 3.45. The van der Waals surface area contributed by atoms with Gasteiger partial charge in [-0.15, -0.1) is 11.8 Å². The molecule has 138 valence electrons. The van der Waals surface area contributed by atoms with E-state index in [0.29, 0.717) is 0 Å². The average Bonchev–Trinajstić information content (AvgIpc) is 2.60. The minimum atomic E-state index is -1.34. The first-order valence-corrected chi connectivity index (χ1v) is 9.08. The van der Waals surface area contributed by atoms with Crippen LogP contribution in [0.3, 0.4) is 0 Å². The van der Waals surface area contributed by atoms with Crippen molar-refractivity contribution in [1.82, 2.24) is 0 Å². The lowest BCUT2D eigenvalue weighted by atomic mass is 10.0. The molecule has 1 aliphatic heterocycles. The van der Waals surface area contributed by atoms with Crippen molar-refractivity contribution in [3.8, 4) is 0 Å². The number of carbonyl (C=O) groups is 1. The van der Waals surface area contributed by atoms with Crippen LogP contribution in [0.5, 0.6) is 0 Å². The third-order valence-electron chi connectivity index (χ3n) is 3.69. The Labute approximate surface area is 151 Å². The largest absolute Gasteiger partial charge is 0.453 e. The summed E-state index contributed by atoms with van der Waals surface area (Å²) >= 11 is 1.36. The van der Waals surface area contributed by atoms with E-state index in [-0.39, 0.29) is 5.25 Å². The van der Waals surface area contributed by atoms with Crippen LogP contribution < -0.4 is 0 Å². The molecular formula is C18H24O6S. The second-order valence-electron chi connectivity index (χ2n) is 6.04. The van der Waals surface area contributed by atoms with Crippen molar-refractivity contribution in [3.63, 3.8) is 0 Å². The number of aliphatic hydroxyl groups is 3. The number of hydrogen-bond acceptors (Lipinski definition) is 7. The van der Waals surface area contributed by atoms with Crippen LogP contribution in [0.25, 0.3) is 6.08 Å². The monoisotopic (exact) mass is 368 g/mol. The summed E-state index contributed by atoms with van der Waals surface area (Å²) in [5.74, 6) is -0.638. The van der Waals surface area contributed by atoms with E-state index in [2.05, 4.69) is 0 Å². The van der Waals surface area contributed by atoms with Gasteiger partial charge in [-0.2, -0.15) is 0 Å². The molecule has 25 heavy (non-hydrogen) atoms. The SMILES string of the molecule is CC(C)S[C@@H]1O[C@H](CO)[C@H](O)[C@H](O)[C@H]1OC(=O)/C=C/c1ccccc1. The Morgan fingerprint density at radius 3 is 2.56 bits per heavy atom. The lowest BCUT2D eigenvalue weighted by Crippen LogP contribution is -2.59. The molecule has 1 saturated heterocycles. The molecule has 5 atom stereocenters. The third kappa shape index (κ3) is 5.55. The maximum Gasteiger partial charge on any atom is 0.331 e. The fourth-order valence-corrected chi connectivity index (χ4v) is 3.58. The highest BCUT2D eigenvalue weighted by Crippen LogP contribution is 2.32. The van der Waals surface area contributed by atoms with Crippen LogP contribution >= 0.6 is 11.8 Å². The predicted molar refractivity (Wildman–Crippen MR) is 95.8 cm³/mol. The number of benzene rings is 1. The lowest BCUT2D eigenvalue weighted by molar-refractivity contribution is -0.217. The Morgan fingerprint density at radius 2 is 1.96 bits per heavy atom. The standard InChI is InChI=1S/C18H24O6S/c1-11(2)25-18-17(16(22)15(21)13(10-19)23-18)24-14(20)9-8-12-6-4-3-5-7-12/h3-9,11,13,15-19,21-22H,10H2,1-2H3/b9-8+/t13-,15+,16+,17-,18+/m1/s1. The van der Waals surface area contributed by atoms with E-state index in [1.54, 1.807) is 6.08 Å². The summed E-state index contributed by atoms with van der Waals surface area (Å²) in [7, 11) is 0. The maximum absolute atomic E-state index is 12.1. The highest BCUT2D eigenvalue weighted by Gasteiger charge is 2.46. The van der Waals surface area contributed by atoms with Crippen molar-refractivity contribution >= 4 is 23.8 Å². The minimum absolute atomic E-state index is 0.146. The van der Waals surface area contributed by atoms with E-state index >= 15 is 0 Å². The molecule has 0 unspecified atom stereocenters. The number of hydrogen-bond donors (Lipinski definition) is 3. The van der Waals surface area contributed by atoms with Crippen LogP contribution in [0.1, 0.15) is 19.4 Å². The molecule has 3 N–H and O–H groups in total. The van der Waals surface area contributed by atoms with Crippen LogP contribution in [0.15, 0.2) is 36.4 Å². The summed E-state index contributed by atoms with van der Waals surface area (Å²) in [4.78, 5) is 12.1. The van der Waals surface area contributed by atoms with E-state index in [9.17, 15) is 20.1 Å². The Balaban J connectivity index is 2.07. The molecule has 0 spiro atoms. The number of carbonyl (C=O) groups excluding carboxylic acids is 1. The van der Waals surface area contributed by atoms with Crippen molar-refractivity contribution in [2.24, 2.45) is 0 Å². The van der Waals surface area contributed by atoms with Gasteiger partial charge in [0.25, 0.3) is 0 Å². The van der Waals surface area contributed by atoms with E-state index in [1.807, 2.05) is 44.2 Å². The zero-order valence-corrected chi connectivity index (χ0v) is 15.0. The predicted octanol–water partition coefficient (Wildman–Crippen LogP) is 1.19. The molecule has 1 aromatic carbocycles. The second-order valence-corrected chi connectivity index (χ2v) is 7.72. The Bertz CT molecular complexity index is 576. The normalized spacial score (nSPS) is 29.9. The molecule has 1 fully saturated rings. The smallest absolute Gasteiger partial charge is 0.331 e. The van der Waals surface area contributed by atoms with Gasteiger partial charge in [0.15, 0.2) is 6.10 Å². The highest BCUT2D eigenvalue weighted by atomic mass is 32.2. The summed E-state index contributed by atoms with van der Waals surface area (Å²) in [6, 6.07) is 9.26. The lowest BCUT2D eigenvalue weighted by Gasteiger charge is -2.41. The number of esters is 1. The summed E-state index contributed by atoms with van der Waals surface area (Å²) in [5, 5.41) is 29.8. The van der Waals surface area contributed by atoms with Gasteiger partial charge in [-0.1, -0.05) is 44.2 Å². The first kappa shape index (κ1) is 19.9. The van der Waals surface area contributed by atoms with Crippen LogP contribution in [0, 0.1) is 0 Å². The molecule has 1 aromatic rings. The fourth-order valence-electron chi connectivity index (χ4n) is 2.46. The molecule has 0 radical (unpaired) electrons. The Kier molecular flexibility index (Phi) is 7.46. The zero-order chi connectivity index (χ0) is 18.4. The van der Waals surface area contributed by atoms with Crippen LogP contribution in [0.2, 0.25) is 0 Å². The topological polar surface area (TPSA) is 96.2 Å². The van der Waals surface area contributed by atoms with Gasteiger partial charge >= 0.3 is 5.97 Å². The van der Waals surface area contributed by atoms with E-state index < -0.39 is 42.4 Å². The maximum atomic E-state index is 12.1. The third-order valence-corrected chi connectivity index (χ3v) is 4.89. The first-order valence-electron chi connectivity index (χ1n) is 8.14.